The Bertz CT molecular complexity index is 8.00. The Hall–Kier alpha value is 3.19. The van der Waals surface area contributed by atoms with Crippen LogP contribution in [-0.4, -0.2) is 51.4 Å². The molecular weight excluding hydrogens is 213 g/mol. The van der Waals surface area contributed by atoms with Crippen LogP contribution < -0.4 is 0 Å². The molecule has 4 heteroatoms. The van der Waals surface area contributed by atoms with Crippen molar-refractivity contribution in [2.24, 2.45) is 0 Å². The van der Waals surface area contributed by atoms with E-state index in [0.29, 0.717) is 0 Å². The molecule has 28 valence electrons. The first-order valence-corrected chi connectivity index (χ1v) is 0. The molecule has 0 fully saturated rings. The Morgan fingerprint density at radius 3 is 1.00 bits per heavy atom. The van der Waals surface area contributed by atoms with E-state index in [9.17, 15) is 0 Å². The number of rotatable bonds is 0. The predicted molar refractivity (Wildman–Crippen MR) is 7.15 cm³/mol. The summed E-state index contributed by atoms with van der Waals surface area (Å²) < 4.78 is 0. The van der Waals surface area contributed by atoms with E-state index in [0.717, 1.165) is 0 Å². The molecule has 0 N–H and O–H groups in total. The molecule has 0 spiro atoms. The second kappa shape index (κ2) is 16.4. The quantitative estimate of drug-likeness (QED) is 0.470. The summed E-state index contributed by atoms with van der Waals surface area (Å²) in [5, 5.41) is 0. The molecule has 0 saturated carbocycles. The fourth-order valence-corrected chi connectivity index (χ4v) is 0. The van der Waals surface area contributed by atoms with E-state index in [-0.39, 0.29) is 103 Å². The van der Waals surface area contributed by atoms with Crippen LogP contribution in [0.3, 0.4) is 0 Å². The van der Waals surface area contributed by atoms with Gasteiger partial charge in [0.15, 0.2) is 0 Å². The summed E-state index contributed by atoms with van der Waals surface area (Å²) in [6.45, 7) is 0. The van der Waals surface area contributed by atoms with E-state index in [1.54, 1.807) is 0 Å². The SMILES string of the molecule is [Cu].[Fe].[KH].[Mn]. The van der Waals surface area contributed by atoms with Gasteiger partial charge in [-0.2, -0.15) is 0 Å². The van der Waals surface area contributed by atoms with Crippen LogP contribution in [0.1, 0.15) is 0 Å². The molecular formula is HCuFeKMn. The van der Waals surface area contributed by atoms with Crippen molar-refractivity contribution in [1.82, 2.24) is 0 Å². The minimum atomic E-state index is 0. The van der Waals surface area contributed by atoms with Gasteiger partial charge in [0, 0.05) is 51.2 Å². The largest absolute Gasteiger partial charge is 0 e. The molecule has 0 aromatic rings. The zero-order valence-corrected chi connectivity index (χ0v) is 4.26. The summed E-state index contributed by atoms with van der Waals surface area (Å²) in [4.78, 5) is 0. The Labute approximate surface area is 100 Å². The summed E-state index contributed by atoms with van der Waals surface area (Å²) >= 11 is 0. The summed E-state index contributed by atoms with van der Waals surface area (Å²) in [6, 6.07) is 0. The summed E-state index contributed by atoms with van der Waals surface area (Å²) in [7, 11) is 0. The zero-order valence-electron chi connectivity index (χ0n) is 1.03. The van der Waals surface area contributed by atoms with Crippen LogP contribution in [0, 0.1) is 0 Å². The van der Waals surface area contributed by atoms with E-state index < -0.39 is 0 Å². The second-order valence-corrected chi connectivity index (χ2v) is 0. The Kier molecular flexibility index (Phi) is 111. The van der Waals surface area contributed by atoms with E-state index in [2.05, 4.69) is 0 Å². The van der Waals surface area contributed by atoms with Crippen LogP contribution in [-0.2, 0) is 51.2 Å². The van der Waals surface area contributed by atoms with Crippen LogP contribution in [0.5, 0.6) is 0 Å². The standard InChI is InChI=1S/Cu.Fe.K.Mn.H. The molecule has 0 saturated heterocycles. The molecule has 2 radical (unpaired) electrons. The van der Waals surface area contributed by atoms with E-state index >= 15 is 0 Å². The minimum absolute atomic E-state index is 0. The van der Waals surface area contributed by atoms with E-state index in [1.165, 1.54) is 0 Å². The van der Waals surface area contributed by atoms with Crippen molar-refractivity contribution in [2.45, 2.75) is 0 Å². The first-order chi connectivity index (χ1) is 0. The van der Waals surface area contributed by atoms with Gasteiger partial charge in [0.05, 0.1) is 0 Å². The van der Waals surface area contributed by atoms with Gasteiger partial charge in [-0.25, -0.2) is 0 Å². The van der Waals surface area contributed by atoms with Crippen molar-refractivity contribution in [2.75, 3.05) is 0 Å². The van der Waals surface area contributed by atoms with Gasteiger partial charge in [-0.05, 0) is 0 Å². The molecule has 0 aromatic heterocycles. The molecule has 0 aliphatic rings. The maximum absolute atomic E-state index is 0. The van der Waals surface area contributed by atoms with Crippen LogP contribution in [0.25, 0.3) is 0 Å². The second-order valence-electron chi connectivity index (χ2n) is 0. The van der Waals surface area contributed by atoms with Crippen molar-refractivity contribution in [3.05, 3.63) is 0 Å². The molecule has 0 unspecified atom stereocenters. The summed E-state index contributed by atoms with van der Waals surface area (Å²) in [5.41, 5.74) is 0. The van der Waals surface area contributed by atoms with Gasteiger partial charge in [-0.15, -0.1) is 0 Å². The van der Waals surface area contributed by atoms with Gasteiger partial charge in [-0.1, -0.05) is 0 Å². The average molecular weight is 214 g/mol. The van der Waals surface area contributed by atoms with E-state index in [4.69, 9.17) is 0 Å². The fourth-order valence-electron chi connectivity index (χ4n) is 0. The van der Waals surface area contributed by atoms with Gasteiger partial charge >= 0.3 is 51.4 Å². The molecule has 0 atom stereocenters. The summed E-state index contributed by atoms with van der Waals surface area (Å²) in [6.07, 6.45) is 0. The average Bonchev–Trinajstić information content (AvgIpc) is 0. The molecule has 0 aliphatic heterocycles. The summed E-state index contributed by atoms with van der Waals surface area (Å²) in [5.74, 6) is 0. The third-order valence-corrected chi connectivity index (χ3v) is 0. The Morgan fingerprint density at radius 2 is 1.00 bits per heavy atom. The zero-order chi connectivity index (χ0) is 0. The minimum Gasteiger partial charge on any atom is 0 e. The van der Waals surface area contributed by atoms with Gasteiger partial charge in [0.1, 0.15) is 0 Å². The van der Waals surface area contributed by atoms with Gasteiger partial charge in [0.2, 0.25) is 0 Å². The maximum atomic E-state index is 0. The van der Waals surface area contributed by atoms with Crippen molar-refractivity contribution in [3.63, 3.8) is 0 Å². The van der Waals surface area contributed by atoms with Gasteiger partial charge in [-0.3, -0.25) is 0 Å². The predicted octanol–water partition coefficient (Wildman–Crippen LogP) is -0.656. The molecule has 0 aromatic carbocycles. The number of hydrogen-bond donors (Lipinski definition) is 0. The fraction of sp³-hybridized carbons (Fsp3) is 0. The molecule has 0 amide bonds. The van der Waals surface area contributed by atoms with Crippen molar-refractivity contribution in [1.29, 1.82) is 0 Å². The third-order valence-electron chi connectivity index (χ3n) is 0. The van der Waals surface area contributed by atoms with Crippen molar-refractivity contribution in [3.8, 4) is 0 Å². The van der Waals surface area contributed by atoms with Crippen molar-refractivity contribution >= 4 is 51.4 Å². The maximum Gasteiger partial charge on any atom is 0 e. The van der Waals surface area contributed by atoms with Crippen molar-refractivity contribution < 1.29 is 51.2 Å². The van der Waals surface area contributed by atoms with Crippen LogP contribution in [0.15, 0.2) is 0 Å². The monoisotopic (exact) mass is 214 g/mol. The first kappa shape index (κ1) is 27.1. The van der Waals surface area contributed by atoms with Gasteiger partial charge < -0.3 is 0 Å². The molecule has 0 bridgehead atoms. The molecule has 0 aliphatic carbocycles. The van der Waals surface area contributed by atoms with Gasteiger partial charge in [0.25, 0.3) is 0 Å². The smallest absolute Gasteiger partial charge is 0 e. The van der Waals surface area contributed by atoms with Crippen LogP contribution >= 0.6 is 0 Å². The Balaban J connectivity index is 0. The molecule has 0 rings (SSSR count). The van der Waals surface area contributed by atoms with Crippen LogP contribution in [0.4, 0.5) is 0 Å². The molecule has 4 heavy (non-hydrogen) atoms. The molecule has 0 nitrogen and oxygen atoms in total. The normalized spacial score (nSPS) is 0. The van der Waals surface area contributed by atoms with E-state index in [1.807, 2.05) is 0 Å². The topological polar surface area (TPSA) is 0 Å². The first-order valence-electron chi connectivity index (χ1n) is 0. The number of hydrogen-bond acceptors (Lipinski definition) is 0. The molecule has 0 heterocycles. The van der Waals surface area contributed by atoms with Crippen LogP contribution in [0.2, 0.25) is 0 Å². The third kappa shape index (κ3) is 8.96. The Morgan fingerprint density at radius 1 is 1.00 bits per heavy atom.